The van der Waals surface area contributed by atoms with E-state index in [1.807, 2.05) is 0 Å². The molecule has 90 valence electrons. The average Bonchev–Trinajstić information content (AvgIpc) is 2.26. The molecule has 0 aliphatic rings. The zero-order valence-electron chi connectivity index (χ0n) is 9.95. The first-order valence-corrected chi connectivity index (χ1v) is 5.38. The van der Waals surface area contributed by atoms with Crippen molar-refractivity contribution in [3.63, 3.8) is 0 Å². The fourth-order valence-electron chi connectivity index (χ4n) is 1.49. The zero-order valence-corrected chi connectivity index (χ0v) is 9.95. The van der Waals surface area contributed by atoms with Crippen LogP contribution in [-0.4, -0.2) is 43.7 Å². The molecule has 5 heteroatoms. The van der Waals surface area contributed by atoms with Gasteiger partial charge in [-0.2, -0.15) is 0 Å². The van der Waals surface area contributed by atoms with Crippen LogP contribution in [0.3, 0.4) is 0 Å². The summed E-state index contributed by atoms with van der Waals surface area (Å²) in [7, 11) is 1.69. The van der Waals surface area contributed by atoms with Gasteiger partial charge in [-0.1, -0.05) is 6.92 Å². The van der Waals surface area contributed by atoms with Crippen LogP contribution in [0.2, 0.25) is 0 Å². The second-order valence-corrected chi connectivity index (χ2v) is 3.58. The monoisotopic (exact) mass is 217 g/mol. The van der Waals surface area contributed by atoms with Crippen LogP contribution in [0.1, 0.15) is 26.7 Å². The highest BCUT2D eigenvalue weighted by atomic mass is 16.5. The van der Waals surface area contributed by atoms with Crippen LogP contribution in [0.5, 0.6) is 0 Å². The quantitative estimate of drug-likeness (QED) is 0.344. The Morgan fingerprint density at radius 2 is 2.27 bits per heavy atom. The summed E-state index contributed by atoms with van der Waals surface area (Å²) < 4.78 is 5.03. The van der Waals surface area contributed by atoms with Crippen molar-refractivity contribution in [1.29, 1.82) is 0 Å². The highest BCUT2D eigenvalue weighted by Crippen LogP contribution is 2.05. The lowest BCUT2D eigenvalue weighted by Crippen LogP contribution is -2.37. The fraction of sp³-hybridized carbons (Fsp3) is 0.900. The molecule has 0 saturated carbocycles. The SMILES string of the molecule is CCN(CCOC)C(C)CCC(=O)NN. The number of nitrogens with two attached hydrogens (primary N) is 1. The van der Waals surface area contributed by atoms with Crippen molar-refractivity contribution in [2.75, 3.05) is 26.8 Å². The Morgan fingerprint density at radius 1 is 1.60 bits per heavy atom. The number of nitrogens with zero attached hydrogens (tertiary/aromatic N) is 1. The summed E-state index contributed by atoms with van der Waals surface area (Å²) in [5.41, 5.74) is 2.14. The third kappa shape index (κ3) is 6.43. The molecule has 3 N–H and O–H groups in total. The lowest BCUT2D eigenvalue weighted by atomic mass is 10.1. The lowest BCUT2D eigenvalue weighted by Gasteiger charge is -2.27. The Balaban J connectivity index is 3.81. The molecule has 1 amide bonds. The number of likely N-dealkylation sites (N-methyl/N-ethyl adjacent to an activating group) is 1. The molecule has 0 fully saturated rings. The van der Waals surface area contributed by atoms with Gasteiger partial charge < -0.3 is 4.74 Å². The highest BCUT2D eigenvalue weighted by Gasteiger charge is 2.12. The number of carbonyl (C=O) groups is 1. The first-order valence-electron chi connectivity index (χ1n) is 5.38. The second kappa shape index (κ2) is 8.64. The Kier molecular flexibility index (Phi) is 8.27. The third-order valence-electron chi connectivity index (χ3n) is 2.56. The summed E-state index contributed by atoms with van der Waals surface area (Å²) >= 11 is 0. The van der Waals surface area contributed by atoms with Crippen LogP contribution in [-0.2, 0) is 9.53 Å². The van der Waals surface area contributed by atoms with Gasteiger partial charge in [0.05, 0.1) is 6.61 Å². The maximum absolute atomic E-state index is 11.0. The van der Waals surface area contributed by atoms with Crippen molar-refractivity contribution < 1.29 is 9.53 Å². The van der Waals surface area contributed by atoms with Gasteiger partial charge in [-0.15, -0.1) is 0 Å². The van der Waals surface area contributed by atoms with Gasteiger partial charge in [-0.25, -0.2) is 5.84 Å². The maximum Gasteiger partial charge on any atom is 0.233 e. The van der Waals surface area contributed by atoms with Crippen LogP contribution in [0, 0.1) is 0 Å². The molecule has 0 aliphatic heterocycles. The van der Waals surface area contributed by atoms with Gasteiger partial charge in [0.1, 0.15) is 0 Å². The maximum atomic E-state index is 11.0. The molecule has 1 atom stereocenters. The molecule has 0 saturated heterocycles. The minimum absolute atomic E-state index is 0.107. The first kappa shape index (κ1) is 14.3. The highest BCUT2D eigenvalue weighted by molar-refractivity contribution is 5.75. The molecule has 0 rings (SSSR count). The molecule has 0 aromatic rings. The summed E-state index contributed by atoms with van der Waals surface area (Å²) in [6.07, 6.45) is 1.29. The standard InChI is InChI=1S/C10H23N3O2/c1-4-13(7-8-15-3)9(2)5-6-10(14)12-11/h9H,4-8,11H2,1-3H3,(H,12,14). The van der Waals surface area contributed by atoms with Gasteiger partial charge in [0.15, 0.2) is 0 Å². The summed E-state index contributed by atoms with van der Waals surface area (Å²) in [5, 5.41) is 0. The number of methoxy groups -OCH3 is 1. The van der Waals surface area contributed by atoms with E-state index in [0.717, 1.165) is 26.1 Å². The van der Waals surface area contributed by atoms with Gasteiger partial charge in [0, 0.05) is 26.1 Å². The van der Waals surface area contributed by atoms with Crippen molar-refractivity contribution in [3.8, 4) is 0 Å². The number of hydrogen-bond acceptors (Lipinski definition) is 4. The number of ether oxygens (including phenoxy) is 1. The molecule has 0 spiro atoms. The largest absolute Gasteiger partial charge is 0.383 e. The number of rotatable bonds is 8. The molecule has 0 radical (unpaired) electrons. The van der Waals surface area contributed by atoms with Crippen LogP contribution in [0.15, 0.2) is 0 Å². The first-order chi connectivity index (χ1) is 7.15. The Hall–Kier alpha value is -0.650. The van der Waals surface area contributed by atoms with Crippen molar-refractivity contribution in [2.45, 2.75) is 32.7 Å². The van der Waals surface area contributed by atoms with E-state index in [-0.39, 0.29) is 5.91 Å². The molecule has 0 aliphatic carbocycles. The van der Waals surface area contributed by atoms with Crippen LogP contribution in [0.4, 0.5) is 0 Å². The van der Waals surface area contributed by atoms with E-state index in [1.54, 1.807) is 7.11 Å². The number of carbonyl (C=O) groups excluding carboxylic acids is 1. The number of nitrogens with one attached hydrogen (secondary N) is 1. The number of amides is 1. The summed E-state index contributed by atoms with van der Waals surface area (Å²) in [6, 6.07) is 0.377. The van der Waals surface area contributed by atoms with Crippen molar-refractivity contribution in [2.24, 2.45) is 5.84 Å². The minimum Gasteiger partial charge on any atom is -0.383 e. The molecule has 0 heterocycles. The Morgan fingerprint density at radius 3 is 2.73 bits per heavy atom. The van der Waals surface area contributed by atoms with Crippen LogP contribution in [0.25, 0.3) is 0 Å². The summed E-state index contributed by atoms with van der Waals surface area (Å²) in [5.74, 6) is 4.91. The van der Waals surface area contributed by atoms with E-state index < -0.39 is 0 Å². The van der Waals surface area contributed by atoms with Gasteiger partial charge >= 0.3 is 0 Å². The molecule has 15 heavy (non-hydrogen) atoms. The Bertz CT molecular complexity index is 176. The average molecular weight is 217 g/mol. The molecule has 0 aromatic carbocycles. The van der Waals surface area contributed by atoms with E-state index in [1.165, 1.54) is 0 Å². The van der Waals surface area contributed by atoms with E-state index >= 15 is 0 Å². The molecule has 5 nitrogen and oxygen atoms in total. The lowest BCUT2D eigenvalue weighted by molar-refractivity contribution is -0.121. The van der Waals surface area contributed by atoms with E-state index in [0.29, 0.717) is 12.5 Å². The van der Waals surface area contributed by atoms with E-state index in [9.17, 15) is 4.79 Å². The molecule has 0 aromatic heterocycles. The molecule has 0 bridgehead atoms. The number of hydrazine groups is 1. The third-order valence-corrected chi connectivity index (χ3v) is 2.56. The van der Waals surface area contributed by atoms with Crippen molar-refractivity contribution in [3.05, 3.63) is 0 Å². The van der Waals surface area contributed by atoms with Crippen LogP contribution >= 0.6 is 0 Å². The van der Waals surface area contributed by atoms with Gasteiger partial charge in [-0.05, 0) is 19.9 Å². The predicted octanol–water partition coefficient (Wildman–Crippen LogP) is 0.113. The van der Waals surface area contributed by atoms with Crippen LogP contribution < -0.4 is 11.3 Å². The molecular formula is C10H23N3O2. The summed E-state index contributed by atoms with van der Waals surface area (Å²) in [4.78, 5) is 13.2. The zero-order chi connectivity index (χ0) is 11.7. The minimum atomic E-state index is -0.107. The van der Waals surface area contributed by atoms with Gasteiger partial charge in [-0.3, -0.25) is 15.1 Å². The topological polar surface area (TPSA) is 67.6 Å². The van der Waals surface area contributed by atoms with Gasteiger partial charge in [0.2, 0.25) is 5.91 Å². The predicted molar refractivity (Wildman–Crippen MR) is 60.1 cm³/mol. The fourth-order valence-corrected chi connectivity index (χ4v) is 1.49. The smallest absolute Gasteiger partial charge is 0.233 e. The summed E-state index contributed by atoms with van der Waals surface area (Å²) in [6.45, 7) is 6.81. The van der Waals surface area contributed by atoms with E-state index in [4.69, 9.17) is 10.6 Å². The van der Waals surface area contributed by atoms with Crippen molar-refractivity contribution >= 4 is 5.91 Å². The molecular weight excluding hydrogens is 194 g/mol. The second-order valence-electron chi connectivity index (χ2n) is 3.58. The Labute approximate surface area is 91.9 Å². The van der Waals surface area contributed by atoms with Gasteiger partial charge in [0.25, 0.3) is 0 Å². The number of hydrogen-bond donors (Lipinski definition) is 2. The van der Waals surface area contributed by atoms with Crippen molar-refractivity contribution in [1.82, 2.24) is 10.3 Å². The van der Waals surface area contributed by atoms with E-state index in [2.05, 4.69) is 24.2 Å². The normalized spacial score (nSPS) is 12.9. The molecule has 1 unspecified atom stereocenters.